The summed E-state index contributed by atoms with van der Waals surface area (Å²) < 4.78 is 5.50. The van der Waals surface area contributed by atoms with E-state index in [4.69, 9.17) is 4.74 Å². The van der Waals surface area contributed by atoms with Crippen molar-refractivity contribution in [3.63, 3.8) is 0 Å². The Balaban J connectivity index is 1.85. The summed E-state index contributed by atoms with van der Waals surface area (Å²) in [4.78, 5) is 25.8. The smallest absolute Gasteiger partial charge is 0.407 e. The molecule has 0 aliphatic rings. The van der Waals surface area contributed by atoms with Gasteiger partial charge in [0.25, 0.3) is 5.91 Å². The van der Waals surface area contributed by atoms with Gasteiger partial charge in [0, 0.05) is 11.1 Å². The van der Waals surface area contributed by atoms with Gasteiger partial charge in [0.05, 0.1) is 13.1 Å². The first-order valence-electron chi connectivity index (χ1n) is 12.5. The maximum Gasteiger partial charge on any atom is 0.407 e. The van der Waals surface area contributed by atoms with Crippen molar-refractivity contribution in [1.82, 2.24) is 10.7 Å². The van der Waals surface area contributed by atoms with Crippen molar-refractivity contribution in [2.24, 2.45) is 0 Å². The molecule has 0 aliphatic heterocycles. The topological polar surface area (TPSA) is 87.7 Å². The van der Waals surface area contributed by atoms with Crippen molar-refractivity contribution < 1.29 is 24.0 Å². The number of nitrogens with zero attached hydrogens (tertiary/aromatic N) is 1. The fourth-order valence-electron chi connectivity index (χ4n) is 4.19. The monoisotopic (exact) mass is 504 g/mol. The number of amides is 2. The lowest BCUT2D eigenvalue weighted by Gasteiger charge is -2.37. The average molecular weight is 505 g/mol. The molecule has 0 spiro atoms. The van der Waals surface area contributed by atoms with E-state index in [1.807, 2.05) is 85.9 Å². The Morgan fingerprint density at radius 2 is 1.38 bits per heavy atom. The van der Waals surface area contributed by atoms with Crippen LogP contribution in [0.1, 0.15) is 42.3 Å². The van der Waals surface area contributed by atoms with Crippen molar-refractivity contribution >= 4 is 12.0 Å². The van der Waals surface area contributed by atoms with Gasteiger partial charge in [0.1, 0.15) is 24.8 Å². The minimum atomic E-state index is -0.988. The zero-order valence-electron chi connectivity index (χ0n) is 22.1. The summed E-state index contributed by atoms with van der Waals surface area (Å²) in [5.41, 5.74) is 4.92. The Morgan fingerprint density at radius 3 is 1.92 bits per heavy atom. The van der Waals surface area contributed by atoms with E-state index >= 15 is 0 Å². The molecule has 0 aliphatic carbocycles. The largest absolute Gasteiger partial charge is 0.444 e. The highest BCUT2D eigenvalue weighted by Gasteiger charge is 2.34. The fraction of sp³-hybridized carbons (Fsp3) is 0.333. The lowest BCUT2D eigenvalue weighted by molar-refractivity contribution is -0.958. The number of nitrogens with one attached hydrogen (secondary N) is 2. The number of alkyl carbamates (subject to hydrolysis) is 1. The second-order valence-electron chi connectivity index (χ2n) is 10.5. The molecule has 3 N–H and O–H groups in total. The summed E-state index contributed by atoms with van der Waals surface area (Å²) >= 11 is 0. The summed E-state index contributed by atoms with van der Waals surface area (Å²) in [6.45, 7) is 5.98. The van der Waals surface area contributed by atoms with Gasteiger partial charge in [-0.1, -0.05) is 78.9 Å². The van der Waals surface area contributed by atoms with E-state index in [0.717, 1.165) is 11.1 Å². The summed E-state index contributed by atoms with van der Waals surface area (Å²) in [5, 5.41) is 14.3. The molecule has 3 atom stereocenters. The molecule has 7 nitrogen and oxygen atoms in total. The molecule has 0 radical (unpaired) electrons. The van der Waals surface area contributed by atoms with Gasteiger partial charge in [0.2, 0.25) is 0 Å². The standard InChI is InChI=1S/C30H37N3O4/c1-30(2,3)37-29(36)31-26(20-23-14-8-5-9-15-23)27(34)22-33(4,21-24-16-10-6-11-17-24)32-28(35)25-18-12-7-13-19-25/h5-19,26-27,34H,20-22H2,1-4H3,(H-,31,32,35,36)/p+1/t26-,27-,33+/m0/s1. The van der Waals surface area contributed by atoms with Crippen LogP contribution in [0.5, 0.6) is 0 Å². The van der Waals surface area contributed by atoms with E-state index in [1.165, 1.54) is 0 Å². The lowest BCUT2D eigenvalue weighted by Crippen LogP contribution is -2.62. The van der Waals surface area contributed by atoms with E-state index < -0.39 is 23.8 Å². The Morgan fingerprint density at radius 1 is 0.865 bits per heavy atom. The highest BCUT2D eigenvalue weighted by molar-refractivity contribution is 5.93. The minimum Gasteiger partial charge on any atom is -0.444 e. The minimum absolute atomic E-state index is 0.0280. The SMILES string of the molecule is CC(C)(C)OC(=O)N[C@@H](Cc1ccccc1)[C@@H](O)C[N@@+](C)(Cc1ccccc1)NC(=O)c1ccccc1. The molecule has 37 heavy (non-hydrogen) atoms. The van der Waals surface area contributed by atoms with Crippen molar-refractivity contribution in [1.29, 1.82) is 0 Å². The molecule has 3 rings (SSSR count). The van der Waals surface area contributed by atoms with Gasteiger partial charge < -0.3 is 15.2 Å². The van der Waals surface area contributed by atoms with Crippen LogP contribution in [0.25, 0.3) is 0 Å². The molecule has 0 fully saturated rings. The summed E-state index contributed by atoms with van der Waals surface area (Å²) in [6, 6.07) is 27.8. The van der Waals surface area contributed by atoms with Crippen LogP contribution in [-0.2, 0) is 17.7 Å². The number of rotatable bonds is 10. The van der Waals surface area contributed by atoms with E-state index in [9.17, 15) is 14.7 Å². The van der Waals surface area contributed by atoms with Crippen LogP contribution in [0.3, 0.4) is 0 Å². The van der Waals surface area contributed by atoms with Gasteiger partial charge in [-0.05, 0) is 44.9 Å². The van der Waals surface area contributed by atoms with Gasteiger partial charge in [-0.15, -0.1) is 0 Å². The third-order valence-electron chi connectivity index (χ3n) is 5.84. The molecule has 0 saturated carbocycles. The molecule has 196 valence electrons. The fourth-order valence-corrected chi connectivity index (χ4v) is 4.19. The zero-order valence-corrected chi connectivity index (χ0v) is 22.1. The highest BCUT2D eigenvalue weighted by atomic mass is 16.6. The number of carbonyl (C=O) groups excluding carboxylic acids is 2. The summed E-state index contributed by atoms with van der Waals surface area (Å²) in [5.74, 6) is -0.244. The molecule has 0 heterocycles. The van der Waals surface area contributed by atoms with Crippen LogP contribution in [0, 0.1) is 0 Å². The Kier molecular flexibility index (Phi) is 9.44. The first kappa shape index (κ1) is 27.9. The van der Waals surface area contributed by atoms with Gasteiger partial charge in [0.15, 0.2) is 0 Å². The van der Waals surface area contributed by atoms with Crippen LogP contribution in [0.4, 0.5) is 4.79 Å². The van der Waals surface area contributed by atoms with Crippen molar-refractivity contribution in [3.05, 3.63) is 108 Å². The lowest BCUT2D eigenvalue weighted by atomic mass is 10.0. The van der Waals surface area contributed by atoms with Gasteiger partial charge in [-0.2, -0.15) is 5.43 Å². The van der Waals surface area contributed by atoms with E-state index in [0.29, 0.717) is 18.5 Å². The van der Waals surface area contributed by atoms with Gasteiger partial charge >= 0.3 is 6.09 Å². The third-order valence-corrected chi connectivity index (χ3v) is 5.84. The van der Waals surface area contributed by atoms with Crippen LogP contribution < -0.4 is 10.7 Å². The molecule has 2 amide bonds. The Bertz CT molecular complexity index is 1130. The zero-order chi connectivity index (χ0) is 26.9. The van der Waals surface area contributed by atoms with Gasteiger partial charge in [-0.3, -0.25) is 4.79 Å². The maximum absolute atomic E-state index is 13.1. The number of ether oxygens (including phenoxy) is 1. The number of aliphatic hydroxyl groups excluding tert-OH is 1. The predicted molar refractivity (Wildman–Crippen MR) is 144 cm³/mol. The second-order valence-corrected chi connectivity index (χ2v) is 10.5. The average Bonchev–Trinajstić information content (AvgIpc) is 2.84. The Labute approximate surface area is 219 Å². The number of quaternary nitrogens is 1. The number of benzene rings is 3. The highest BCUT2D eigenvalue weighted by Crippen LogP contribution is 2.16. The first-order chi connectivity index (χ1) is 17.5. The van der Waals surface area contributed by atoms with Crippen LogP contribution >= 0.6 is 0 Å². The van der Waals surface area contributed by atoms with Crippen LogP contribution in [-0.4, -0.2) is 53.0 Å². The molecule has 0 aromatic heterocycles. The number of likely N-dealkylation sites (N-methyl/N-ethyl adjacent to an activating group) is 1. The first-order valence-corrected chi connectivity index (χ1v) is 12.5. The number of carbonyl (C=O) groups is 2. The number of hydrogen-bond acceptors (Lipinski definition) is 4. The molecule has 0 unspecified atom stereocenters. The third kappa shape index (κ3) is 9.37. The molecular weight excluding hydrogens is 466 g/mol. The van der Waals surface area contributed by atoms with Crippen LogP contribution in [0.15, 0.2) is 91.0 Å². The van der Waals surface area contributed by atoms with Gasteiger partial charge in [-0.25, -0.2) is 9.39 Å². The summed E-state index contributed by atoms with van der Waals surface area (Å²) in [6.07, 6.45) is -1.19. The molecule has 3 aromatic carbocycles. The van der Waals surface area contributed by atoms with E-state index in [1.54, 1.807) is 32.9 Å². The maximum atomic E-state index is 13.1. The Hall–Kier alpha value is -3.68. The summed E-state index contributed by atoms with van der Waals surface area (Å²) in [7, 11) is 1.87. The van der Waals surface area contributed by atoms with E-state index in [-0.39, 0.29) is 17.0 Å². The van der Waals surface area contributed by atoms with Crippen molar-refractivity contribution in [2.45, 2.75) is 51.5 Å². The number of hydrogen-bond donors (Lipinski definition) is 3. The second kappa shape index (κ2) is 12.5. The normalized spacial score (nSPS) is 14.6. The predicted octanol–water partition coefficient (Wildman–Crippen LogP) is 4.48. The molecule has 3 aromatic rings. The quantitative estimate of drug-likeness (QED) is 0.281. The molecule has 0 bridgehead atoms. The van der Waals surface area contributed by atoms with E-state index in [2.05, 4.69) is 10.7 Å². The molecular formula is C30H38N3O4+. The number of aliphatic hydroxyl groups is 1. The van der Waals surface area contributed by atoms with Crippen molar-refractivity contribution in [2.75, 3.05) is 13.6 Å². The molecule has 0 saturated heterocycles. The molecule has 7 heteroatoms. The van der Waals surface area contributed by atoms with Crippen molar-refractivity contribution in [3.8, 4) is 0 Å². The van der Waals surface area contributed by atoms with Crippen LogP contribution in [0.2, 0.25) is 0 Å².